The molecular weight excluding hydrogens is 507 g/mol. The molecule has 1 atom stereocenters. The van der Waals surface area contributed by atoms with Crippen molar-refractivity contribution >= 4 is 29.9 Å². The zero-order valence-corrected chi connectivity index (χ0v) is 21.1. The van der Waals surface area contributed by atoms with Crippen molar-refractivity contribution in [2.24, 2.45) is 4.99 Å². The van der Waals surface area contributed by atoms with E-state index in [-0.39, 0.29) is 24.0 Å². The largest absolute Gasteiger partial charge is 0.497 e. The Balaban J connectivity index is 0.00000341. The fourth-order valence-corrected chi connectivity index (χ4v) is 3.61. The first-order valence-electron chi connectivity index (χ1n) is 10.8. The maximum absolute atomic E-state index is 5.21. The van der Waals surface area contributed by atoms with Gasteiger partial charge in [0, 0.05) is 32.7 Å². The number of guanidine groups is 1. The highest BCUT2D eigenvalue weighted by Gasteiger charge is 2.22. The van der Waals surface area contributed by atoms with Gasteiger partial charge in [-0.1, -0.05) is 12.1 Å². The Morgan fingerprint density at radius 2 is 2.03 bits per heavy atom. The normalized spacial score (nSPS) is 15.7. The van der Waals surface area contributed by atoms with Crippen LogP contribution < -0.4 is 15.4 Å². The lowest BCUT2D eigenvalue weighted by Crippen LogP contribution is -2.47. The first-order chi connectivity index (χ1) is 14.7. The van der Waals surface area contributed by atoms with Crippen LogP contribution >= 0.6 is 24.0 Å². The number of unbranched alkanes of at least 4 members (excludes halogenated alkanes) is 1. The second kappa shape index (κ2) is 13.5. The van der Waals surface area contributed by atoms with Crippen molar-refractivity contribution in [3.8, 4) is 5.75 Å². The van der Waals surface area contributed by atoms with Crippen LogP contribution in [-0.4, -0.2) is 54.1 Å². The number of ether oxygens (including phenoxy) is 2. The number of benzene rings is 1. The van der Waals surface area contributed by atoms with Gasteiger partial charge in [-0.15, -0.1) is 24.0 Å². The van der Waals surface area contributed by atoms with Gasteiger partial charge in [-0.3, -0.25) is 4.99 Å². The third-order valence-corrected chi connectivity index (χ3v) is 5.16. The Labute approximate surface area is 202 Å². The molecule has 0 saturated heterocycles. The van der Waals surface area contributed by atoms with Crippen LogP contribution in [0.3, 0.4) is 0 Å². The topological polar surface area (TPSA) is 85.6 Å². The number of hydrogen-bond acceptors (Lipinski definition) is 5. The molecule has 1 aromatic heterocycles. The number of aromatic nitrogens is 3. The fraction of sp³-hybridized carbons (Fsp3) is 0.591. The van der Waals surface area contributed by atoms with Crippen molar-refractivity contribution in [1.82, 2.24) is 25.4 Å². The molecule has 1 aliphatic rings. The summed E-state index contributed by atoms with van der Waals surface area (Å²) in [6.07, 6.45) is 5.16. The lowest BCUT2D eigenvalue weighted by atomic mass is 10.1. The molecule has 0 amide bonds. The van der Waals surface area contributed by atoms with Crippen LogP contribution in [0.1, 0.15) is 43.4 Å². The van der Waals surface area contributed by atoms with Crippen molar-refractivity contribution < 1.29 is 9.47 Å². The monoisotopic (exact) mass is 542 g/mol. The summed E-state index contributed by atoms with van der Waals surface area (Å²) in [6, 6.07) is 8.60. The Hall–Kier alpha value is -1.88. The van der Waals surface area contributed by atoms with Crippen molar-refractivity contribution in [2.75, 3.05) is 27.3 Å². The van der Waals surface area contributed by atoms with Gasteiger partial charge in [0.1, 0.15) is 18.2 Å². The number of nitrogens with zero attached hydrogens (tertiary/aromatic N) is 4. The highest BCUT2D eigenvalue weighted by atomic mass is 127. The van der Waals surface area contributed by atoms with Gasteiger partial charge in [0.15, 0.2) is 11.8 Å². The summed E-state index contributed by atoms with van der Waals surface area (Å²) in [4.78, 5) is 9.31. The number of fused-ring (bicyclic) bond motifs is 1. The van der Waals surface area contributed by atoms with Crippen molar-refractivity contribution in [2.45, 2.75) is 58.2 Å². The summed E-state index contributed by atoms with van der Waals surface area (Å²) in [6.45, 7) is 5.00. The number of methoxy groups -OCH3 is 2. The molecule has 0 saturated carbocycles. The van der Waals surface area contributed by atoms with E-state index < -0.39 is 0 Å². The summed E-state index contributed by atoms with van der Waals surface area (Å²) in [5.74, 6) is 3.58. The Bertz CT molecular complexity index is 809. The zero-order valence-electron chi connectivity index (χ0n) is 18.8. The van der Waals surface area contributed by atoms with Gasteiger partial charge in [0.25, 0.3) is 0 Å². The fourth-order valence-electron chi connectivity index (χ4n) is 3.61. The van der Waals surface area contributed by atoms with E-state index in [4.69, 9.17) is 14.5 Å². The molecule has 2 heterocycles. The standard InChI is InChI=1S/C22H34N6O2.HI/c1-4-23-22(24-14-6-5-7-17-8-11-19(30-3)12-9-17)25-18-10-13-21-26-20(16-29-2)27-28(21)15-18;/h8-9,11-12,18H,4-7,10,13-16H2,1-3H3,(H2,23,24,25);1H. The van der Waals surface area contributed by atoms with E-state index in [2.05, 4.69) is 39.8 Å². The molecule has 172 valence electrons. The molecule has 2 aromatic rings. The van der Waals surface area contributed by atoms with Crippen LogP contribution in [-0.2, 0) is 30.7 Å². The maximum Gasteiger partial charge on any atom is 0.191 e. The maximum atomic E-state index is 5.21. The Morgan fingerprint density at radius 3 is 2.74 bits per heavy atom. The first-order valence-corrected chi connectivity index (χ1v) is 10.8. The SMILES string of the molecule is CCNC(=NCCCCc1ccc(OC)cc1)NC1CCc2nc(COC)nn2C1.I. The number of halogens is 1. The molecule has 0 aliphatic carbocycles. The summed E-state index contributed by atoms with van der Waals surface area (Å²) in [7, 11) is 3.36. The number of aliphatic imine (C=N–C) groups is 1. The summed E-state index contributed by atoms with van der Waals surface area (Å²) in [5.41, 5.74) is 1.34. The van der Waals surface area contributed by atoms with Crippen LogP contribution in [0.5, 0.6) is 5.75 Å². The number of hydrogen-bond donors (Lipinski definition) is 2. The van der Waals surface area contributed by atoms with E-state index in [9.17, 15) is 0 Å². The average molecular weight is 542 g/mol. The van der Waals surface area contributed by atoms with Crippen LogP contribution in [0.4, 0.5) is 0 Å². The Morgan fingerprint density at radius 1 is 1.23 bits per heavy atom. The van der Waals surface area contributed by atoms with Crippen molar-refractivity contribution in [3.05, 3.63) is 41.5 Å². The minimum atomic E-state index is 0. The van der Waals surface area contributed by atoms with E-state index in [1.807, 2.05) is 16.8 Å². The number of rotatable bonds is 10. The van der Waals surface area contributed by atoms with Gasteiger partial charge >= 0.3 is 0 Å². The molecular formula is C22H35IN6O2. The third-order valence-electron chi connectivity index (χ3n) is 5.16. The highest BCUT2D eigenvalue weighted by Crippen LogP contribution is 2.14. The number of aryl methyl sites for hydroxylation is 2. The van der Waals surface area contributed by atoms with E-state index in [1.165, 1.54) is 5.56 Å². The van der Waals surface area contributed by atoms with Gasteiger partial charge in [0.05, 0.1) is 13.7 Å². The summed E-state index contributed by atoms with van der Waals surface area (Å²) >= 11 is 0. The first kappa shape index (κ1) is 25.4. The van der Waals surface area contributed by atoms with Gasteiger partial charge in [-0.25, -0.2) is 9.67 Å². The van der Waals surface area contributed by atoms with E-state index in [1.54, 1.807) is 14.2 Å². The Kier molecular flexibility index (Phi) is 11.1. The van der Waals surface area contributed by atoms with Crippen LogP contribution in [0.25, 0.3) is 0 Å². The minimum Gasteiger partial charge on any atom is -0.497 e. The molecule has 2 N–H and O–H groups in total. The van der Waals surface area contributed by atoms with E-state index in [0.29, 0.717) is 12.6 Å². The molecule has 3 rings (SSSR count). The molecule has 1 unspecified atom stereocenters. The lowest BCUT2D eigenvalue weighted by molar-refractivity contribution is 0.177. The number of nitrogens with one attached hydrogen (secondary N) is 2. The second-order valence-corrected chi connectivity index (χ2v) is 7.51. The van der Waals surface area contributed by atoms with E-state index in [0.717, 1.165) is 75.1 Å². The highest BCUT2D eigenvalue weighted by molar-refractivity contribution is 14.0. The predicted octanol–water partition coefficient (Wildman–Crippen LogP) is 2.94. The van der Waals surface area contributed by atoms with Crippen LogP contribution in [0.2, 0.25) is 0 Å². The van der Waals surface area contributed by atoms with Gasteiger partial charge in [-0.2, -0.15) is 5.10 Å². The molecule has 1 aromatic carbocycles. The molecule has 9 heteroatoms. The lowest BCUT2D eigenvalue weighted by Gasteiger charge is -2.25. The van der Waals surface area contributed by atoms with Gasteiger partial charge in [-0.05, 0) is 50.3 Å². The van der Waals surface area contributed by atoms with Crippen LogP contribution in [0, 0.1) is 0 Å². The molecule has 31 heavy (non-hydrogen) atoms. The minimum absolute atomic E-state index is 0. The molecule has 0 radical (unpaired) electrons. The zero-order chi connectivity index (χ0) is 21.2. The quantitative estimate of drug-likeness (QED) is 0.208. The molecule has 0 bridgehead atoms. The van der Waals surface area contributed by atoms with Crippen LogP contribution in [0.15, 0.2) is 29.3 Å². The predicted molar refractivity (Wildman–Crippen MR) is 133 cm³/mol. The van der Waals surface area contributed by atoms with Gasteiger partial charge in [0.2, 0.25) is 0 Å². The van der Waals surface area contributed by atoms with Gasteiger partial charge < -0.3 is 20.1 Å². The van der Waals surface area contributed by atoms with Crippen molar-refractivity contribution in [1.29, 1.82) is 0 Å². The van der Waals surface area contributed by atoms with Crippen molar-refractivity contribution in [3.63, 3.8) is 0 Å². The second-order valence-electron chi connectivity index (χ2n) is 7.51. The summed E-state index contributed by atoms with van der Waals surface area (Å²) < 4.78 is 12.3. The average Bonchev–Trinajstić information content (AvgIpc) is 3.16. The molecule has 0 spiro atoms. The molecule has 0 fully saturated rings. The smallest absolute Gasteiger partial charge is 0.191 e. The third kappa shape index (κ3) is 7.95. The summed E-state index contributed by atoms with van der Waals surface area (Å²) in [5, 5.41) is 11.5. The van der Waals surface area contributed by atoms with E-state index >= 15 is 0 Å². The molecule has 1 aliphatic heterocycles. The molecule has 8 nitrogen and oxygen atoms in total.